The molecule has 1 atom stereocenters. The number of rotatable bonds is 9. The van der Waals surface area contributed by atoms with Crippen LogP contribution in [0, 0.1) is 5.92 Å². The van der Waals surface area contributed by atoms with Crippen LogP contribution in [-0.2, 0) is 22.4 Å². The smallest absolute Gasteiger partial charge is 0.341 e. The van der Waals surface area contributed by atoms with E-state index in [4.69, 9.17) is 4.74 Å². The first-order valence-electron chi connectivity index (χ1n) is 9.72. The maximum absolute atomic E-state index is 12.5. The first kappa shape index (κ1) is 20.0. The van der Waals surface area contributed by atoms with Crippen LogP contribution in [0.5, 0.6) is 0 Å². The Bertz CT molecular complexity index is 594. The number of carbonyl (C=O) groups is 2. The van der Waals surface area contributed by atoms with Gasteiger partial charge in [-0.1, -0.05) is 39.5 Å². The van der Waals surface area contributed by atoms with Crippen LogP contribution in [0.1, 0.15) is 86.5 Å². The molecule has 0 spiro atoms. The van der Waals surface area contributed by atoms with E-state index in [9.17, 15) is 9.59 Å². The van der Waals surface area contributed by atoms with Crippen LogP contribution in [0.25, 0.3) is 0 Å². The molecule has 1 unspecified atom stereocenters. The first-order valence-corrected chi connectivity index (χ1v) is 10.5. The highest BCUT2D eigenvalue weighted by Crippen LogP contribution is 2.40. The third kappa shape index (κ3) is 5.30. The van der Waals surface area contributed by atoms with E-state index in [1.165, 1.54) is 4.88 Å². The quantitative estimate of drug-likeness (QED) is 0.474. The van der Waals surface area contributed by atoms with Crippen molar-refractivity contribution in [2.75, 3.05) is 11.9 Å². The minimum atomic E-state index is -0.295. The molecule has 0 bridgehead atoms. The van der Waals surface area contributed by atoms with E-state index >= 15 is 0 Å². The van der Waals surface area contributed by atoms with E-state index in [0.29, 0.717) is 29.5 Å². The van der Waals surface area contributed by atoms with E-state index in [1.54, 1.807) is 11.3 Å². The second-order valence-electron chi connectivity index (χ2n) is 6.80. The van der Waals surface area contributed by atoms with Crippen molar-refractivity contribution in [2.24, 2.45) is 5.92 Å². The summed E-state index contributed by atoms with van der Waals surface area (Å²) in [5.74, 6) is 0.391. The highest BCUT2D eigenvalue weighted by Gasteiger charge is 2.29. The molecule has 1 aromatic heterocycles. The molecule has 0 fully saturated rings. The third-order valence-electron chi connectivity index (χ3n) is 4.93. The summed E-state index contributed by atoms with van der Waals surface area (Å²) >= 11 is 1.57. The van der Waals surface area contributed by atoms with Gasteiger partial charge in [0.25, 0.3) is 0 Å². The highest BCUT2D eigenvalue weighted by molar-refractivity contribution is 7.17. The SMILES string of the molecule is CCCCCCC(=O)Nc1sc2c(c1C(=O)OCC)CCC(CC)C2. The summed E-state index contributed by atoms with van der Waals surface area (Å²) in [6.45, 7) is 6.54. The van der Waals surface area contributed by atoms with Gasteiger partial charge in [0.15, 0.2) is 0 Å². The lowest BCUT2D eigenvalue weighted by atomic mass is 9.85. The minimum absolute atomic E-state index is 0.00675. The van der Waals surface area contributed by atoms with E-state index in [-0.39, 0.29) is 11.9 Å². The lowest BCUT2D eigenvalue weighted by Gasteiger charge is -2.20. The van der Waals surface area contributed by atoms with Gasteiger partial charge < -0.3 is 10.1 Å². The van der Waals surface area contributed by atoms with Gasteiger partial charge in [0.1, 0.15) is 5.00 Å². The van der Waals surface area contributed by atoms with Gasteiger partial charge in [0.2, 0.25) is 5.91 Å². The van der Waals surface area contributed by atoms with Gasteiger partial charge in [-0.3, -0.25) is 4.79 Å². The number of fused-ring (bicyclic) bond motifs is 1. The summed E-state index contributed by atoms with van der Waals surface area (Å²) in [6.07, 6.45) is 8.99. The molecular weight excluding hydrogens is 334 g/mol. The predicted octanol–water partition coefficient (Wildman–Crippen LogP) is 5.35. The van der Waals surface area contributed by atoms with E-state index in [1.807, 2.05) is 6.92 Å². The number of hydrogen-bond donors (Lipinski definition) is 1. The molecule has 1 N–H and O–H groups in total. The summed E-state index contributed by atoms with van der Waals surface area (Å²) in [5.41, 5.74) is 1.72. The minimum Gasteiger partial charge on any atom is -0.462 e. The highest BCUT2D eigenvalue weighted by atomic mass is 32.1. The van der Waals surface area contributed by atoms with Gasteiger partial charge in [-0.25, -0.2) is 4.79 Å². The fourth-order valence-electron chi connectivity index (χ4n) is 3.41. The van der Waals surface area contributed by atoms with Crippen LogP contribution in [-0.4, -0.2) is 18.5 Å². The van der Waals surface area contributed by atoms with Gasteiger partial charge in [0.05, 0.1) is 12.2 Å². The van der Waals surface area contributed by atoms with E-state index in [2.05, 4.69) is 19.2 Å². The van der Waals surface area contributed by atoms with Crippen molar-refractivity contribution in [1.29, 1.82) is 0 Å². The number of carbonyl (C=O) groups excluding carboxylic acids is 2. The molecule has 1 aliphatic rings. The van der Waals surface area contributed by atoms with E-state index < -0.39 is 0 Å². The number of amides is 1. The standard InChI is InChI=1S/C20H31NO3S/c1-4-7-8-9-10-17(22)21-19-18(20(23)24-6-3)15-12-11-14(5-2)13-16(15)25-19/h14H,4-13H2,1-3H3,(H,21,22). The van der Waals surface area contributed by atoms with Gasteiger partial charge in [-0.15, -0.1) is 11.3 Å². The van der Waals surface area contributed by atoms with Crippen molar-refractivity contribution < 1.29 is 14.3 Å². The normalized spacial score (nSPS) is 16.4. The maximum Gasteiger partial charge on any atom is 0.341 e. The number of ether oxygens (including phenoxy) is 1. The Hall–Kier alpha value is -1.36. The lowest BCUT2D eigenvalue weighted by molar-refractivity contribution is -0.116. The summed E-state index contributed by atoms with van der Waals surface area (Å²) in [7, 11) is 0. The molecular formula is C20H31NO3S. The second-order valence-corrected chi connectivity index (χ2v) is 7.91. The lowest BCUT2D eigenvalue weighted by Crippen LogP contribution is -2.17. The maximum atomic E-state index is 12.5. The van der Waals surface area contributed by atoms with Crippen LogP contribution in [0.3, 0.4) is 0 Å². The average molecular weight is 366 g/mol. The summed E-state index contributed by atoms with van der Waals surface area (Å²) in [4.78, 5) is 26.0. The van der Waals surface area contributed by atoms with Crippen LogP contribution < -0.4 is 5.32 Å². The zero-order valence-electron chi connectivity index (χ0n) is 15.8. The summed E-state index contributed by atoms with van der Waals surface area (Å²) < 4.78 is 5.26. The van der Waals surface area contributed by atoms with Crippen molar-refractivity contribution in [1.82, 2.24) is 0 Å². The van der Waals surface area contributed by atoms with Crippen molar-refractivity contribution >= 4 is 28.2 Å². The fraction of sp³-hybridized carbons (Fsp3) is 0.700. The number of anilines is 1. The number of unbranched alkanes of at least 4 members (excludes halogenated alkanes) is 3. The number of nitrogens with one attached hydrogen (secondary N) is 1. The van der Waals surface area contributed by atoms with Gasteiger partial charge in [0, 0.05) is 11.3 Å². The topological polar surface area (TPSA) is 55.4 Å². The Balaban J connectivity index is 2.14. The summed E-state index contributed by atoms with van der Waals surface area (Å²) in [5, 5.41) is 3.69. The molecule has 1 heterocycles. The van der Waals surface area contributed by atoms with Crippen LogP contribution >= 0.6 is 11.3 Å². The van der Waals surface area contributed by atoms with Crippen molar-refractivity contribution in [3.8, 4) is 0 Å². The Morgan fingerprint density at radius 1 is 1.20 bits per heavy atom. The molecule has 0 aromatic carbocycles. The molecule has 4 nitrogen and oxygen atoms in total. The van der Waals surface area contributed by atoms with Crippen molar-refractivity contribution in [2.45, 2.75) is 78.6 Å². The van der Waals surface area contributed by atoms with Crippen LogP contribution in [0.15, 0.2) is 0 Å². The third-order valence-corrected chi connectivity index (χ3v) is 6.10. The molecule has 1 aromatic rings. The number of hydrogen-bond acceptors (Lipinski definition) is 4. The molecule has 140 valence electrons. The molecule has 0 saturated carbocycles. The average Bonchev–Trinajstić information content (AvgIpc) is 2.95. The second kappa shape index (κ2) is 9.95. The van der Waals surface area contributed by atoms with Crippen LogP contribution in [0.4, 0.5) is 5.00 Å². The molecule has 0 saturated heterocycles. The largest absolute Gasteiger partial charge is 0.462 e. The van der Waals surface area contributed by atoms with Gasteiger partial charge >= 0.3 is 5.97 Å². The molecule has 0 aliphatic heterocycles. The van der Waals surface area contributed by atoms with Gasteiger partial charge in [-0.05, 0) is 44.1 Å². The Morgan fingerprint density at radius 3 is 2.68 bits per heavy atom. The summed E-state index contributed by atoms with van der Waals surface area (Å²) in [6, 6.07) is 0. The zero-order valence-corrected chi connectivity index (χ0v) is 16.6. The Kier molecular flexibility index (Phi) is 7.94. The van der Waals surface area contributed by atoms with Crippen molar-refractivity contribution in [3.63, 3.8) is 0 Å². The van der Waals surface area contributed by atoms with Gasteiger partial charge in [-0.2, -0.15) is 0 Å². The fourth-order valence-corrected chi connectivity index (χ4v) is 4.78. The first-order chi connectivity index (χ1) is 12.1. The molecule has 25 heavy (non-hydrogen) atoms. The van der Waals surface area contributed by atoms with Crippen LogP contribution in [0.2, 0.25) is 0 Å². The predicted molar refractivity (Wildman–Crippen MR) is 103 cm³/mol. The molecule has 2 rings (SSSR count). The van der Waals surface area contributed by atoms with Crippen molar-refractivity contribution in [3.05, 3.63) is 16.0 Å². The molecule has 1 amide bonds. The Morgan fingerprint density at radius 2 is 2.00 bits per heavy atom. The van der Waals surface area contributed by atoms with E-state index in [0.717, 1.165) is 56.9 Å². The Labute approximate surface area is 155 Å². The molecule has 5 heteroatoms. The number of thiophene rings is 1. The molecule has 1 aliphatic carbocycles. The monoisotopic (exact) mass is 365 g/mol. The number of esters is 1. The molecule has 0 radical (unpaired) electrons. The zero-order chi connectivity index (χ0) is 18.2.